The summed E-state index contributed by atoms with van der Waals surface area (Å²) in [5.41, 5.74) is 0.368. The van der Waals surface area contributed by atoms with Gasteiger partial charge in [-0.2, -0.15) is 0 Å². The second-order valence-electron chi connectivity index (χ2n) is 4.27. The highest BCUT2D eigenvalue weighted by atomic mass is 16.5. The summed E-state index contributed by atoms with van der Waals surface area (Å²) in [5.74, 6) is 0. The van der Waals surface area contributed by atoms with Gasteiger partial charge in [0.15, 0.2) is 0 Å². The summed E-state index contributed by atoms with van der Waals surface area (Å²) in [4.78, 5) is 2.26. The van der Waals surface area contributed by atoms with E-state index in [1.807, 2.05) is 0 Å². The molecule has 0 aromatic carbocycles. The summed E-state index contributed by atoms with van der Waals surface area (Å²) in [5, 5.41) is 0. The highest BCUT2D eigenvalue weighted by Crippen LogP contribution is 2.28. The average Bonchev–Trinajstić information content (AvgIpc) is 2.04. The van der Waals surface area contributed by atoms with Crippen LogP contribution in [0, 0.1) is 5.41 Å². The maximum absolute atomic E-state index is 5.32. The van der Waals surface area contributed by atoms with Crippen molar-refractivity contribution in [2.75, 3.05) is 34.4 Å². The van der Waals surface area contributed by atoms with Crippen LogP contribution in [0.3, 0.4) is 0 Å². The minimum Gasteiger partial charge on any atom is -0.384 e. The predicted octanol–water partition coefficient (Wildman–Crippen LogP) is 2.39. The molecule has 0 aliphatic carbocycles. The zero-order valence-electron chi connectivity index (χ0n) is 9.89. The number of rotatable bonds is 7. The molecule has 2 heteroatoms. The molecule has 0 amide bonds. The zero-order chi connectivity index (χ0) is 10.3. The standard InChI is InChI=1S/C11H25NO/c1-6-8-11(7-2,10-13-5)9-12(3)4/h6-10H2,1-5H3. The van der Waals surface area contributed by atoms with Crippen LogP contribution in [0.4, 0.5) is 0 Å². The molecule has 0 radical (unpaired) electrons. The van der Waals surface area contributed by atoms with E-state index in [1.165, 1.54) is 19.3 Å². The largest absolute Gasteiger partial charge is 0.384 e. The van der Waals surface area contributed by atoms with Gasteiger partial charge in [0.2, 0.25) is 0 Å². The number of nitrogens with zero attached hydrogens (tertiary/aromatic N) is 1. The van der Waals surface area contributed by atoms with Gasteiger partial charge < -0.3 is 9.64 Å². The Morgan fingerprint density at radius 1 is 1.23 bits per heavy atom. The Bertz CT molecular complexity index is 117. The number of hydrogen-bond donors (Lipinski definition) is 0. The Morgan fingerprint density at radius 2 is 1.85 bits per heavy atom. The molecule has 0 spiro atoms. The van der Waals surface area contributed by atoms with E-state index in [2.05, 4.69) is 32.8 Å². The van der Waals surface area contributed by atoms with Crippen LogP contribution in [0.1, 0.15) is 33.1 Å². The molecule has 0 N–H and O–H groups in total. The quantitative estimate of drug-likeness (QED) is 0.607. The van der Waals surface area contributed by atoms with Crippen LogP contribution < -0.4 is 0 Å². The first-order chi connectivity index (χ1) is 6.10. The Labute approximate surface area is 83.3 Å². The molecule has 0 fully saturated rings. The Kier molecular flexibility index (Phi) is 6.35. The van der Waals surface area contributed by atoms with Gasteiger partial charge in [-0.15, -0.1) is 0 Å². The molecule has 0 aromatic rings. The molecular formula is C11H25NO. The first kappa shape index (κ1) is 12.9. The molecule has 0 aliphatic rings. The van der Waals surface area contributed by atoms with Crippen LogP contribution in [0.2, 0.25) is 0 Å². The second-order valence-corrected chi connectivity index (χ2v) is 4.27. The van der Waals surface area contributed by atoms with Crippen LogP contribution in [0.5, 0.6) is 0 Å². The fourth-order valence-electron chi connectivity index (χ4n) is 2.09. The van der Waals surface area contributed by atoms with Crippen molar-refractivity contribution in [3.8, 4) is 0 Å². The predicted molar refractivity (Wildman–Crippen MR) is 58.1 cm³/mol. The molecule has 0 saturated heterocycles. The molecule has 1 unspecified atom stereocenters. The molecule has 1 atom stereocenters. The van der Waals surface area contributed by atoms with Crippen molar-refractivity contribution in [1.29, 1.82) is 0 Å². The Balaban J connectivity index is 4.24. The van der Waals surface area contributed by atoms with Crippen LogP contribution in [-0.2, 0) is 4.74 Å². The molecular weight excluding hydrogens is 162 g/mol. The minimum atomic E-state index is 0.368. The fraction of sp³-hybridized carbons (Fsp3) is 1.00. The molecule has 80 valence electrons. The third-order valence-corrected chi connectivity index (χ3v) is 2.63. The average molecular weight is 187 g/mol. The van der Waals surface area contributed by atoms with E-state index in [0.717, 1.165) is 13.2 Å². The number of hydrogen-bond acceptors (Lipinski definition) is 2. The van der Waals surface area contributed by atoms with Gasteiger partial charge in [0.05, 0.1) is 6.61 Å². The van der Waals surface area contributed by atoms with Gasteiger partial charge in [0.1, 0.15) is 0 Å². The number of ether oxygens (including phenoxy) is 1. The van der Waals surface area contributed by atoms with Crippen molar-refractivity contribution in [3.05, 3.63) is 0 Å². The highest BCUT2D eigenvalue weighted by molar-refractivity contribution is 4.79. The summed E-state index contributed by atoms with van der Waals surface area (Å²) in [6.07, 6.45) is 3.70. The highest BCUT2D eigenvalue weighted by Gasteiger charge is 2.27. The first-order valence-electron chi connectivity index (χ1n) is 5.24. The van der Waals surface area contributed by atoms with Gasteiger partial charge >= 0.3 is 0 Å². The summed E-state index contributed by atoms with van der Waals surface area (Å²) < 4.78 is 5.32. The van der Waals surface area contributed by atoms with E-state index in [-0.39, 0.29) is 0 Å². The Hall–Kier alpha value is -0.0800. The summed E-state index contributed by atoms with van der Waals surface area (Å²) in [6, 6.07) is 0. The maximum Gasteiger partial charge on any atom is 0.0530 e. The molecule has 0 heterocycles. The summed E-state index contributed by atoms with van der Waals surface area (Å²) in [7, 11) is 6.07. The van der Waals surface area contributed by atoms with Gasteiger partial charge in [0, 0.05) is 19.1 Å². The van der Waals surface area contributed by atoms with Crippen molar-refractivity contribution in [2.24, 2.45) is 5.41 Å². The van der Waals surface area contributed by atoms with E-state index >= 15 is 0 Å². The van der Waals surface area contributed by atoms with E-state index in [9.17, 15) is 0 Å². The zero-order valence-corrected chi connectivity index (χ0v) is 9.89. The lowest BCUT2D eigenvalue weighted by Gasteiger charge is -2.34. The molecule has 0 aliphatic heterocycles. The Morgan fingerprint density at radius 3 is 2.15 bits per heavy atom. The van der Waals surface area contributed by atoms with Crippen LogP contribution in [0.15, 0.2) is 0 Å². The third kappa shape index (κ3) is 4.63. The van der Waals surface area contributed by atoms with Crippen molar-refractivity contribution < 1.29 is 4.74 Å². The van der Waals surface area contributed by atoms with Crippen molar-refractivity contribution in [2.45, 2.75) is 33.1 Å². The van der Waals surface area contributed by atoms with Crippen LogP contribution in [0.25, 0.3) is 0 Å². The normalized spacial score (nSPS) is 16.2. The van der Waals surface area contributed by atoms with Gasteiger partial charge in [-0.1, -0.05) is 20.3 Å². The third-order valence-electron chi connectivity index (χ3n) is 2.63. The summed E-state index contributed by atoms with van der Waals surface area (Å²) >= 11 is 0. The van der Waals surface area contributed by atoms with Gasteiger partial charge in [-0.05, 0) is 26.9 Å². The van der Waals surface area contributed by atoms with Gasteiger partial charge in [-0.3, -0.25) is 0 Å². The van der Waals surface area contributed by atoms with E-state index in [0.29, 0.717) is 5.41 Å². The SMILES string of the molecule is CCCC(CC)(COC)CN(C)C. The van der Waals surface area contributed by atoms with Crippen LogP contribution >= 0.6 is 0 Å². The molecule has 13 heavy (non-hydrogen) atoms. The van der Waals surface area contributed by atoms with E-state index in [1.54, 1.807) is 7.11 Å². The second kappa shape index (κ2) is 6.39. The molecule has 0 saturated carbocycles. The topological polar surface area (TPSA) is 12.5 Å². The lowest BCUT2D eigenvalue weighted by Crippen LogP contribution is -2.37. The lowest BCUT2D eigenvalue weighted by atomic mass is 9.81. The lowest BCUT2D eigenvalue weighted by molar-refractivity contribution is 0.0467. The van der Waals surface area contributed by atoms with E-state index in [4.69, 9.17) is 4.74 Å². The summed E-state index contributed by atoms with van der Waals surface area (Å²) in [6.45, 7) is 6.52. The van der Waals surface area contributed by atoms with Gasteiger partial charge in [0.25, 0.3) is 0 Å². The van der Waals surface area contributed by atoms with Gasteiger partial charge in [-0.25, -0.2) is 0 Å². The van der Waals surface area contributed by atoms with Crippen molar-refractivity contribution >= 4 is 0 Å². The smallest absolute Gasteiger partial charge is 0.0530 e. The van der Waals surface area contributed by atoms with Crippen molar-refractivity contribution in [1.82, 2.24) is 4.90 Å². The molecule has 0 rings (SSSR count). The fourth-order valence-corrected chi connectivity index (χ4v) is 2.09. The van der Waals surface area contributed by atoms with Crippen molar-refractivity contribution in [3.63, 3.8) is 0 Å². The molecule has 0 aromatic heterocycles. The van der Waals surface area contributed by atoms with E-state index < -0.39 is 0 Å². The number of methoxy groups -OCH3 is 1. The minimum absolute atomic E-state index is 0.368. The molecule has 0 bridgehead atoms. The maximum atomic E-state index is 5.32. The van der Waals surface area contributed by atoms with Crippen LogP contribution in [-0.4, -0.2) is 39.3 Å². The molecule has 2 nitrogen and oxygen atoms in total. The monoisotopic (exact) mass is 187 g/mol. The first-order valence-corrected chi connectivity index (χ1v) is 5.24.